The summed E-state index contributed by atoms with van der Waals surface area (Å²) in [5, 5.41) is 13.8. The first-order chi connectivity index (χ1) is 6.65. The number of hydrogen-bond acceptors (Lipinski definition) is 5. The molecule has 78 valence electrons. The Balaban J connectivity index is 2.10. The summed E-state index contributed by atoms with van der Waals surface area (Å²) in [5.41, 5.74) is 0. The second-order valence-electron chi connectivity index (χ2n) is 3.98. The van der Waals surface area contributed by atoms with E-state index in [1.54, 1.807) is 11.3 Å². The first-order valence-corrected chi connectivity index (χ1v) is 5.78. The van der Waals surface area contributed by atoms with Crippen molar-refractivity contribution in [2.75, 3.05) is 18.0 Å². The van der Waals surface area contributed by atoms with Gasteiger partial charge in [-0.15, -0.1) is 10.2 Å². The van der Waals surface area contributed by atoms with E-state index in [4.69, 9.17) is 0 Å². The van der Waals surface area contributed by atoms with Gasteiger partial charge >= 0.3 is 0 Å². The largest absolute Gasteiger partial charge is 0.344 e. The van der Waals surface area contributed by atoms with E-state index < -0.39 is 0 Å². The second-order valence-corrected chi connectivity index (χ2v) is 5.14. The minimum atomic E-state index is 0.531. The summed E-state index contributed by atoms with van der Waals surface area (Å²) in [6.07, 6.45) is 0. The highest BCUT2D eigenvalue weighted by Crippen LogP contribution is 2.21. The Morgan fingerprint density at radius 3 is 2.43 bits per heavy atom. The Labute approximate surface area is 88.3 Å². The molecule has 0 radical (unpaired) electrons. The van der Waals surface area contributed by atoms with Crippen LogP contribution in [0.25, 0.3) is 0 Å². The van der Waals surface area contributed by atoms with E-state index in [2.05, 4.69) is 34.3 Å². The normalized spacial score (nSPS) is 28.1. The molecular weight excluding hydrogens is 196 g/mol. The maximum absolute atomic E-state index is 4.18. The predicted octanol–water partition coefficient (Wildman–Crippen LogP) is 1.03. The van der Waals surface area contributed by atoms with Gasteiger partial charge in [0.25, 0.3) is 0 Å². The molecule has 0 aliphatic carbocycles. The molecule has 1 saturated heterocycles. The van der Waals surface area contributed by atoms with Crippen LogP contribution in [0.1, 0.15) is 18.9 Å². The summed E-state index contributed by atoms with van der Waals surface area (Å²) in [7, 11) is 0. The molecule has 1 N–H and O–H groups in total. The molecule has 5 heteroatoms. The summed E-state index contributed by atoms with van der Waals surface area (Å²) in [6.45, 7) is 8.46. The number of aromatic nitrogens is 2. The fourth-order valence-electron chi connectivity index (χ4n) is 1.90. The lowest BCUT2D eigenvalue weighted by Crippen LogP contribution is -2.54. The lowest BCUT2D eigenvalue weighted by molar-refractivity contribution is 0.406. The Hall–Kier alpha value is -0.680. The van der Waals surface area contributed by atoms with Crippen molar-refractivity contribution in [2.24, 2.45) is 0 Å². The van der Waals surface area contributed by atoms with E-state index in [1.165, 1.54) is 0 Å². The van der Waals surface area contributed by atoms with E-state index >= 15 is 0 Å². The molecule has 2 atom stereocenters. The van der Waals surface area contributed by atoms with Crippen LogP contribution in [0, 0.1) is 6.92 Å². The topological polar surface area (TPSA) is 41.1 Å². The van der Waals surface area contributed by atoms with Gasteiger partial charge in [0.1, 0.15) is 5.01 Å². The van der Waals surface area contributed by atoms with E-state index in [0.29, 0.717) is 12.1 Å². The zero-order valence-electron chi connectivity index (χ0n) is 8.82. The quantitative estimate of drug-likeness (QED) is 0.755. The number of rotatable bonds is 1. The third-order valence-corrected chi connectivity index (χ3v) is 3.24. The number of hydrogen-bond donors (Lipinski definition) is 1. The summed E-state index contributed by atoms with van der Waals surface area (Å²) >= 11 is 1.67. The molecule has 0 bridgehead atoms. The Morgan fingerprint density at radius 1 is 1.29 bits per heavy atom. The predicted molar refractivity (Wildman–Crippen MR) is 58.9 cm³/mol. The van der Waals surface area contributed by atoms with Gasteiger partial charge in [-0.2, -0.15) is 0 Å². The van der Waals surface area contributed by atoms with Gasteiger partial charge in [0.15, 0.2) is 0 Å². The van der Waals surface area contributed by atoms with Gasteiger partial charge in [0, 0.05) is 25.2 Å². The zero-order valence-corrected chi connectivity index (χ0v) is 9.64. The molecule has 4 nitrogen and oxygen atoms in total. The van der Waals surface area contributed by atoms with Gasteiger partial charge in [0.2, 0.25) is 5.13 Å². The molecule has 1 fully saturated rings. The van der Waals surface area contributed by atoms with Gasteiger partial charge in [-0.05, 0) is 20.8 Å². The van der Waals surface area contributed by atoms with Crippen molar-refractivity contribution in [3.05, 3.63) is 5.01 Å². The van der Waals surface area contributed by atoms with Gasteiger partial charge in [0.05, 0.1) is 0 Å². The van der Waals surface area contributed by atoms with E-state index in [-0.39, 0.29) is 0 Å². The molecule has 14 heavy (non-hydrogen) atoms. The van der Waals surface area contributed by atoms with E-state index in [1.807, 2.05) is 6.92 Å². The number of anilines is 1. The van der Waals surface area contributed by atoms with Crippen LogP contribution in [0.3, 0.4) is 0 Å². The van der Waals surface area contributed by atoms with Crippen LogP contribution in [0.5, 0.6) is 0 Å². The number of piperazine rings is 1. The van der Waals surface area contributed by atoms with Crippen LogP contribution in [0.15, 0.2) is 0 Å². The third kappa shape index (κ3) is 2.04. The standard InChI is InChI=1S/C9H16N4S/c1-6-4-13(5-7(2)10-6)9-12-11-8(3)14-9/h6-7,10H,4-5H2,1-3H3. The van der Waals surface area contributed by atoms with Gasteiger partial charge in [-0.1, -0.05) is 11.3 Å². The van der Waals surface area contributed by atoms with Crippen molar-refractivity contribution >= 4 is 16.5 Å². The molecule has 2 heterocycles. The minimum Gasteiger partial charge on any atom is -0.344 e. The van der Waals surface area contributed by atoms with Gasteiger partial charge in [-0.3, -0.25) is 0 Å². The molecule has 0 amide bonds. The van der Waals surface area contributed by atoms with Crippen molar-refractivity contribution in [3.8, 4) is 0 Å². The van der Waals surface area contributed by atoms with Crippen molar-refractivity contribution in [1.82, 2.24) is 15.5 Å². The highest BCUT2D eigenvalue weighted by atomic mass is 32.1. The summed E-state index contributed by atoms with van der Waals surface area (Å²) < 4.78 is 0. The van der Waals surface area contributed by atoms with E-state index in [9.17, 15) is 0 Å². The second kappa shape index (κ2) is 3.82. The van der Waals surface area contributed by atoms with Crippen molar-refractivity contribution < 1.29 is 0 Å². The van der Waals surface area contributed by atoms with E-state index in [0.717, 1.165) is 23.2 Å². The molecule has 1 aliphatic rings. The number of aryl methyl sites for hydroxylation is 1. The summed E-state index contributed by atoms with van der Waals surface area (Å²) in [4.78, 5) is 2.32. The highest BCUT2D eigenvalue weighted by molar-refractivity contribution is 7.15. The third-order valence-electron chi connectivity index (χ3n) is 2.34. The summed E-state index contributed by atoms with van der Waals surface area (Å²) in [5.74, 6) is 0. The average Bonchev–Trinajstić information content (AvgIpc) is 2.50. The lowest BCUT2D eigenvalue weighted by Gasteiger charge is -2.35. The first-order valence-electron chi connectivity index (χ1n) is 4.96. The fourth-order valence-corrected chi connectivity index (χ4v) is 2.60. The van der Waals surface area contributed by atoms with Crippen molar-refractivity contribution in [3.63, 3.8) is 0 Å². The van der Waals surface area contributed by atoms with Crippen LogP contribution in [-0.4, -0.2) is 35.4 Å². The van der Waals surface area contributed by atoms with Gasteiger partial charge in [-0.25, -0.2) is 0 Å². The average molecular weight is 212 g/mol. The molecule has 2 unspecified atom stereocenters. The monoisotopic (exact) mass is 212 g/mol. The number of nitrogens with one attached hydrogen (secondary N) is 1. The fraction of sp³-hybridized carbons (Fsp3) is 0.778. The molecule has 1 aromatic heterocycles. The van der Waals surface area contributed by atoms with Crippen LogP contribution >= 0.6 is 11.3 Å². The Morgan fingerprint density at radius 2 is 1.93 bits per heavy atom. The SMILES string of the molecule is Cc1nnc(N2CC(C)NC(C)C2)s1. The molecule has 1 aromatic rings. The molecular formula is C9H16N4S. The molecule has 0 spiro atoms. The zero-order chi connectivity index (χ0) is 10.1. The van der Waals surface area contributed by atoms with Crippen molar-refractivity contribution in [2.45, 2.75) is 32.9 Å². The van der Waals surface area contributed by atoms with Gasteiger partial charge < -0.3 is 10.2 Å². The van der Waals surface area contributed by atoms with Crippen LogP contribution in [-0.2, 0) is 0 Å². The molecule has 2 rings (SSSR count). The first kappa shape index (κ1) is 9.86. The maximum Gasteiger partial charge on any atom is 0.208 e. The highest BCUT2D eigenvalue weighted by Gasteiger charge is 2.22. The lowest BCUT2D eigenvalue weighted by atomic mass is 10.2. The van der Waals surface area contributed by atoms with Crippen molar-refractivity contribution in [1.29, 1.82) is 0 Å². The van der Waals surface area contributed by atoms with Crippen LogP contribution in [0.2, 0.25) is 0 Å². The smallest absolute Gasteiger partial charge is 0.208 e. The van der Waals surface area contributed by atoms with Crippen LogP contribution < -0.4 is 10.2 Å². The Bertz CT molecular complexity index is 302. The minimum absolute atomic E-state index is 0.531. The molecule has 0 aromatic carbocycles. The Kier molecular flexibility index (Phi) is 2.69. The maximum atomic E-state index is 4.18. The number of nitrogens with zero attached hydrogens (tertiary/aromatic N) is 3. The summed E-state index contributed by atoms with van der Waals surface area (Å²) in [6, 6.07) is 1.06. The molecule has 0 saturated carbocycles. The van der Waals surface area contributed by atoms with Crippen LogP contribution in [0.4, 0.5) is 5.13 Å². The molecule has 1 aliphatic heterocycles.